The van der Waals surface area contributed by atoms with E-state index in [4.69, 9.17) is 4.98 Å². The Morgan fingerprint density at radius 2 is 2.09 bits per heavy atom. The molecular formula is C18H22N2OS2. The summed E-state index contributed by atoms with van der Waals surface area (Å²) >= 11 is 3.36. The summed E-state index contributed by atoms with van der Waals surface area (Å²) in [5.74, 6) is 0. The van der Waals surface area contributed by atoms with Gasteiger partial charge in [0.1, 0.15) is 0 Å². The summed E-state index contributed by atoms with van der Waals surface area (Å²) in [6.45, 7) is 7.13. The van der Waals surface area contributed by atoms with Crippen LogP contribution in [0.3, 0.4) is 0 Å². The van der Waals surface area contributed by atoms with Crippen LogP contribution in [-0.4, -0.2) is 20.1 Å². The van der Waals surface area contributed by atoms with Crippen LogP contribution in [-0.2, 0) is 19.4 Å². The average molecular weight is 347 g/mol. The first-order valence-electron chi connectivity index (χ1n) is 8.05. The highest BCUT2D eigenvalue weighted by Crippen LogP contribution is 2.34. The summed E-state index contributed by atoms with van der Waals surface area (Å²) in [6, 6.07) is 10.3. The molecule has 1 aliphatic rings. The van der Waals surface area contributed by atoms with E-state index in [1.165, 1.54) is 5.56 Å². The predicted octanol–water partition coefficient (Wildman–Crippen LogP) is 4.02. The minimum absolute atomic E-state index is 0.142. The number of nitrogens with zero attached hydrogens (tertiary/aromatic N) is 2. The largest absolute Gasteiger partial charge is 0.286 e. The first-order valence-corrected chi connectivity index (χ1v) is 9.81. The second kappa shape index (κ2) is 7.14. The van der Waals surface area contributed by atoms with Crippen LogP contribution < -0.4 is 5.56 Å². The van der Waals surface area contributed by atoms with E-state index in [1.54, 1.807) is 23.5 Å². The summed E-state index contributed by atoms with van der Waals surface area (Å²) in [4.78, 5) is 18.6. The molecule has 1 aliphatic heterocycles. The lowest BCUT2D eigenvalue weighted by Gasteiger charge is -2.15. The van der Waals surface area contributed by atoms with Crippen molar-refractivity contribution in [1.29, 1.82) is 0 Å². The fourth-order valence-corrected chi connectivity index (χ4v) is 4.72. The van der Waals surface area contributed by atoms with Crippen LogP contribution in [0.15, 0.2) is 45.2 Å². The number of aromatic nitrogens is 2. The van der Waals surface area contributed by atoms with E-state index in [0.29, 0.717) is 17.0 Å². The fourth-order valence-electron chi connectivity index (χ4n) is 2.71. The van der Waals surface area contributed by atoms with E-state index < -0.39 is 0 Å². The van der Waals surface area contributed by atoms with Crippen molar-refractivity contribution in [2.24, 2.45) is 0 Å². The highest BCUT2D eigenvalue weighted by atomic mass is 32.2. The van der Waals surface area contributed by atoms with Crippen LogP contribution in [0.1, 0.15) is 32.0 Å². The summed E-state index contributed by atoms with van der Waals surface area (Å²) in [5.41, 5.74) is 2.39. The average Bonchev–Trinajstić information content (AvgIpc) is 2.88. The Labute approximate surface area is 145 Å². The quantitative estimate of drug-likeness (QED) is 0.605. The van der Waals surface area contributed by atoms with Crippen molar-refractivity contribution in [3.63, 3.8) is 0 Å². The minimum atomic E-state index is 0.142. The Hall–Kier alpha value is -1.20. The highest BCUT2D eigenvalue weighted by Gasteiger charge is 2.26. The Balaban J connectivity index is 1.93. The van der Waals surface area contributed by atoms with Crippen molar-refractivity contribution in [2.45, 2.75) is 60.7 Å². The molecule has 1 atom stereocenters. The molecule has 5 heteroatoms. The molecule has 0 radical (unpaired) electrons. The van der Waals surface area contributed by atoms with Gasteiger partial charge in [0.2, 0.25) is 0 Å². The molecule has 3 rings (SSSR count). The summed E-state index contributed by atoms with van der Waals surface area (Å²) in [7, 11) is 0. The predicted molar refractivity (Wildman–Crippen MR) is 98.7 cm³/mol. The Morgan fingerprint density at radius 1 is 1.35 bits per heavy atom. The van der Waals surface area contributed by atoms with Gasteiger partial charge in [-0.3, -0.25) is 9.36 Å². The lowest BCUT2D eigenvalue weighted by molar-refractivity contribution is 0.564. The minimum Gasteiger partial charge on any atom is -0.286 e. The van der Waals surface area contributed by atoms with Gasteiger partial charge in [0.25, 0.3) is 5.56 Å². The van der Waals surface area contributed by atoms with Crippen molar-refractivity contribution in [2.75, 3.05) is 0 Å². The molecule has 2 heterocycles. The van der Waals surface area contributed by atoms with Crippen molar-refractivity contribution in [1.82, 2.24) is 9.55 Å². The number of benzene rings is 1. The van der Waals surface area contributed by atoms with Gasteiger partial charge in [-0.15, -0.1) is 11.8 Å². The molecule has 0 spiro atoms. The van der Waals surface area contributed by atoms with E-state index >= 15 is 0 Å². The van der Waals surface area contributed by atoms with Gasteiger partial charge in [-0.25, -0.2) is 4.98 Å². The van der Waals surface area contributed by atoms with Gasteiger partial charge < -0.3 is 0 Å². The molecule has 0 saturated heterocycles. The monoisotopic (exact) mass is 346 g/mol. The smallest absolute Gasteiger partial charge is 0.268 e. The number of hydrogen-bond donors (Lipinski definition) is 0. The first kappa shape index (κ1) is 16.7. The molecule has 0 saturated carbocycles. The number of fused-ring (bicyclic) bond motifs is 1. The molecule has 23 heavy (non-hydrogen) atoms. The second-order valence-corrected chi connectivity index (χ2v) is 9.15. The molecule has 2 aromatic rings. The van der Waals surface area contributed by atoms with Crippen LogP contribution in [0.5, 0.6) is 0 Å². The number of rotatable bonds is 5. The van der Waals surface area contributed by atoms with Gasteiger partial charge >= 0.3 is 0 Å². The van der Waals surface area contributed by atoms with E-state index in [2.05, 4.69) is 32.9 Å². The highest BCUT2D eigenvalue weighted by molar-refractivity contribution is 8.00. The summed E-state index contributed by atoms with van der Waals surface area (Å²) < 4.78 is 1.88. The molecule has 0 unspecified atom stereocenters. The maximum Gasteiger partial charge on any atom is 0.268 e. The van der Waals surface area contributed by atoms with Crippen LogP contribution in [0.4, 0.5) is 0 Å². The SMILES string of the molecule is CC(C)Sc1nc2c(c(=O)n1CCc1ccccc1)S[C@@H](C)C2. The van der Waals surface area contributed by atoms with E-state index in [-0.39, 0.29) is 5.56 Å². The maximum absolute atomic E-state index is 12.9. The number of hydrogen-bond acceptors (Lipinski definition) is 4. The van der Waals surface area contributed by atoms with Crippen molar-refractivity contribution < 1.29 is 0 Å². The molecule has 0 N–H and O–H groups in total. The lowest BCUT2D eigenvalue weighted by atomic mass is 10.1. The number of thioether (sulfide) groups is 2. The zero-order valence-corrected chi connectivity index (χ0v) is 15.4. The second-order valence-electron chi connectivity index (χ2n) is 6.16. The Bertz CT molecular complexity index is 741. The maximum atomic E-state index is 12.9. The van der Waals surface area contributed by atoms with Crippen molar-refractivity contribution in [3.8, 4) is 0 Å². The summed E-state index contributed by atoms with van der Waals surface area (Å²) in [6.07, 6.45) is 1.76. The third-order valence-electron chi connectivity index (χ3n) is 3.77. The topological polar surface area (TPSA) is 34.9 Å². The van der Waals surface area contributed by atoms with Crippen LogP contribution in [0, 0.1) is 0 Å². The molecule has 0 amide bonds. The van der Waals surface area contributed by atoms with Gasteiger partial charge in [-0.1, -0.05) is 62.9 Å². The molecule has 0 bridgehead atoms. The number of aryl methyl sites for hydroxylation is 1. The molecule has 122 valence electrons. The zero-order valence-electron chi connectivity index (χ0n) is 13.8. The van der Waals surface area contributed by atoms with Crippen LogP contribution >= 0.6 is 23.5 Å². The van der Waals surface area contributed by atoms with Gasteiger partial charge in [0.15, 0.2) is 5.16 Å². The standard InChI is InChI=1S/C18H22N2OS2/c1-12(2)22-18-19-15-11-13(3)23-16(15)17(21)20(18)10-9-14-7-5-4-6-8-14/h4-8,12-13H,9-11H2,1-3H3/t13-/m0/s1. The Kier molecular flexibility index (Phi) is 5.17. The fraction of sp³-hybridized carbons (Fsp3) is 0.444. The van der Waals surface area contributed by atoms with E-state index in [1.807, 2.05) is 22.8 Å². The first-order chi connectivity index (χ1) is 11.0. The molecule has 0 aliphatic carbocycles. The lowest BCUT2D eigenvalue weighted by Crippen LogP contribution is -2.26. The third kappa shape index (κ3) is 3.83. The molecule has 1 aromatic carbocycles. The van der Waals surface area contributed by atoms with Crippen LogP contribution in [0.2, 0.25) is 0 Å². The zero-order chi connectivity index (χ0) is 16.4. The third-order valence-corrected chi connectivity index (χ3v) is 5.98. The van der Waals surface area contributed by atoms with Crippen molar-refractivity contribution in [3.05, 3.63) is 51.9 Å². The van der Waals surface area contributed by atoms with Crippen LogP contribution in [0.25, 0.3) is 0 Å². The van der Waals surface area contributed by atoms with E-state index in [0.717, 1.165) is 28.6 Å². The van der Waals surface area contributed by atoms with Crippen molar-refractivity contribution >= 4 is 23.5 Å². The summed E-state index contributed by atoms with van der Waals surface area (Å²) in [5, 5.41) is 1.73. The van der Waals surface area contributed by atoms with Gasteiger partial charge in [0.05, 0.1) is 10.6 Å². The molecular weight excluding hydrogens is 324 g/mol. The Morgan fingerprint density at radius 3 is 2.78 bits per heavy atom. The molecule has 1 aromatic heterocycles. The van der Waals surface area contributed by atoms with Gasteiger partial charge in [-0.2, -0.15) is 0 Å². The van der Waals surface area contributed by atoms with Gasteiger partial charge in [-0.05, 0) is 12.0 Å². The molecule has 3 nitrogen and oxygen atoms in total. The molecule has 0 fully saturated rings. The van der Waals surface area contributed by atoms with E-state index in [9.17, 15) is 4.79 Å². The normalized spacial score (nSPS) is 16.8. The van der Waals surface area contributed by atoms with Gasteiger partial charge in [0, 0.05) is 23.5 Å².